The molecule has 0 atom stereocenters. The number of nitrogens with zero attached hydrogens (tertiary/aromatic N) is 3. The lowest BCUT2D eigenvalue weighted by atomic mass is 10.2. The molecule has 3 nitrogen and oxygen atoms in total. The van der Waals surface area contributed by atoms with Crippen LogP contribution in [0.3, 0.4) is 0 Å². The Hall–Kier alpha value is -1.35. The molecule has 2 rings (SSSR count). The van der Waals surface area contributed by atoms with Crippen LogP contribution in [0.4, 0.5) is 0 Å². The fraction of sp³-hybridized carbons (Fsp3) is 0.429. The van der Waals surface area contributed by atoms with Crippen LogP contribution in [-0.2, 0) is 6.54 Å². The first-order valence-electron chi connectivity index (χ1n) is 6.47. The summed E-state index contributed by atoms with van der Waals surface area (Å²) in [6.07, 6.45) is 4.84. The van der Waals surface area contributed by atoms with Gasteiger partial charge in [-0.05, 0) is 18.0 Å². The summed E-state index contributed by atoms with van der Waals surface area (Å²) in [6, 6.07) is 10.1. The van der Waals surface area contributed by atoms with Gasteiger partial charge in [-0.3, -0.25) is 4.57 Å². The highest BCUT2D eigenvalue weighted by atomic mass is 35.5. The Kier molecular flexibility index (Phi) is 4.76. The van der Waals surface area contributed by atoms with E-state index in [0.29, 0.717) is 5.28 Å². The van der Waals surface area contributed by atoms with Gasteiger partial charge < -0.3 is 0 Å². The van der Waals surface area contributed by atoms with E-state index in [1.54, 1.807) is 0 Å². The summed E-state index contributed by atoms with van der Waals surface area (Å²) in [7, 11) is 0. The third kappa shape index (κ3) is 3.10. The van der Waals surface area contributed by atoms with Gasteiger partial charge in [-0.2, -0.15) is 0 Å². The van der Waals surface area contributed by atoms with Gasteiger partial charge in [0.2, 0.25) is 5.28 Å². The molecule has 4 heteroatoms. The molecule has 0 saturated carbocycles. The van der Waals surface area contributed by atoms with Gasteiger partial charge in [0.25, 0.3) is 0 Å². The molecule has 1 aromatic carbocycles. The highest BCUT2D eigenvalue weighted by molar-refractivity contribution is 6.28. The van der Waals surface area contributed by atoms with Crippen molar-refractivity contribution in [2.24, 2.45) is 0 Å². The van der Waals surface area contributed by atoms with Crippen LogP contribution in [0.5, 0.6) is 0 Å². The second-order valence-corrected chi connectivity index (χ2v) is 4.71. The SMILES string of the molecule is CCCCCCn1c(Cl)nnc1-c1ccccc1. The van der Waals surface area contributed by atoms with Crippen molar-refractivity contribution in [1.82, 2.24) is 14.8 Å². The van der Waals surface area contributed by atoms with E-state index < -0.39 is 0 Å². The van der Waals surface area contributed by atoms with Crippen LogP contribution in [0.2, 0.25) is 5.28 Å². The van der Waals surface area contributed by atoms with Crippen molar-refractivity contribution >= 4 is 11.6 Å². The Bertz CT molecular complexity index is 479. The smallest absolute Gasteiger partial charge is 0.225 e. The normalized spacial score (nSPS) is 10.8. The third-order valence-electron chi connectivity index (χ3n) is 2.97. The molecule has 0 N–H and O–H groups in total. The van der Waals surface area contributed by atoms with Gasteiger partial charge in [-0.1, -0.05) is 56.5 Å². The molecule has 0 saturated heterocycles. The fourth-order valence-electron chi connectivity index (χ4n) is 1.98. The van der Waals surface area contributed by atoms with Gasteiger partial charge in [0.1, 0.15) is 0 Å². The summed E-state index contributed by atoms with van der Waals surface area (Å²) in [6.45, 7) is 3.09. The minimum absolute atomic E-state index is 0.477. The number of hydrogen-bond donors (Lipinski definition) is 0. The lowest BCUT2D eigenvalue weighted by Crippen LogP contribution is -2.01. The van der Waals surface area contributed by atoms with Gasteiger partial charge in [0.05, 0.1) is 0 Å². The van der Waals surface area contributed by atoms with E-state index in [9.17, 15) is 0 Å². The average molecular weight is 264 g/mol. The van der Waals surface area contributed by atoms with Crippen LogP contribution >= 0.6 is 11.6 Å². The van der Waals surface area contributed by atoms with Crippen LogP contribution in [0.1, 0.15) is 32.6 Å². The van der Waals surface area contributed by atoms with E-state index in [2.05, 4.69) is 17.1 Å². The van der Waals surface area contributed by atoms with Crippen molar-refractivity contribution in [3.05, 3.63) is 35.6 Å². The van der Waals surface area contributed by atoms with Crippen LogP contribution in [0.15, 0.2) is 30.3 Å². The molecule has 1 heterocycles. The van der Waals surface area contributed by atoms with Crippen molar-refractivity contribution in [2.75, 3.05) is 0 Å². The zero-order valence-electron chi connectivity index (χ0n) is 10.6. The third-order valence-corrected chi connectivity index (χ3v) is 3.25. The summed E-state index contributed by atoms with van der Waals surface area (Å²) in [5, 5.41) is 8.61. The van der Waals surface area contributed by atoms with E-state index in [0.717, 1.165) is 24.4 Å². The summed E-state index contributed by atoms with van der Waals surface area (Å²) in [4.78, 5) is 0. The highest BCUT2D eigenvalue weighted by Gasteiger charge is 2.11. The molecule has 96 valence electrons. The predicted molar refractivity (Wildman–Crippen MR) is 74.6 cm³/mol. The average Bonchev–Trinajstić information content (AvgIpc) is 2.77. The molecule has 0 aliphatic rings. The Balaban J connectivity index is 2.12. The van der Waals surface area contributed by atoms with E-state index >= 15 is 0 Å². The van der Waals surface area contributed by atoms with Crippen molar-refractivity contribution in [1.29, 1.82) is 0 Å². The maximum absolute atomic E-state index is 6.10. The minimum Gasteiger partial charge on any atom is -0.298 e. The lowest BCUT2D eigenvalue weighted by molar-refractivity contribution is 0.585. The summed E-state index contributed by atoms with van der Waals surface area (Å²) in [5.41, 5.74) is 1.06. The Morgan fingerprint density at radius 3 is 2.56 bits per heavy atom. The molecule has 1 aromatic heterocycles. The van der Waals surface area contributed by atoms with Crippen LogP contribution < -0.4 is 0 Å². The maximum atomic E-state index is 6.10. The minimum atomic E-state index is 0.477. The monoisotopic (exact) mass is 263 g/mol. The first kappa shape index (κ1) is 13.1. The fourth-order valence-corrected chi connectivity index (χ4v) is 2.18. The van der Waals surface area contributed by atoms with Crippen LogP contribution in [-0.4, -0.2) is 14.8 Å². The Morgan fingerprint density at radius 2 is 1.83 bits per heavy atom. The van der Waals surface area contributed by atoms with Gasteiger partial charge in [-0.15, -0.1) is 10.2 Å². The van der Waals surface area contributed by atoms with Gasteiger partial charge in [-0.25, -0.2) is 0 Å². The second kappa shape index (κ2) is 6.55. The molecule has 0 radical (unpaired) electrons. The van der Waals surface area contributed by atoms with Crippen molar-refractivity contribution in [2.45, 2.75) is 39.2 Å². The van der Waals surface area contributed by atoms with E-state index in [-0.39, 0.29) is 0 Å². The van der Waals surface area contributed by atoms with Gasteiger partial charge >= 0.3 is 0 Å². The van der Waals surface area contributed by atoms with Crippen LogP contribution in [0, 0.1) is 0 Å². The molecular formula is C14H18ClN3. The number of aromatic nitrogens is 3. The molecule has 0 aliphatic heterocycles. The quantitative estimate of drug-likeness (QED) is 0.732. The topological polar surface area (TPSA) is 30.7 Å². The summed E-state index contributed by atoms with van der Waals surface area (Å²) in [5.74, 6) is 0.858. The number of unbranched alkanes of at least 4 members (excludes halogenated alkanes) is 3. The van der Waals surface area contributed by atoms with Crippen molar-refractivity contribution in [3.63, 3.8) is 0 Å². The number of rotatable bonds is 6. The molecule has 0 bridgehead atoms. The highest BCUT2D eigenvalue weighted by Crippen LogP contribution is 2.21. The molecule has 2 aromatic rings. The van der Waals surface area contributed by atoms with E-state index in [4.69, 9.17) is 11.6 Å². The first-order chi connectivity index (χ1) is 8.83. The number of benzene rings is 1. The first-order valence-corrected chi connectivity index (χ1v) is 6.85. The number of halogens is 1. The Morgan fingerprint density at radius 1 is 1.06 bits per heavy atom. The lowest BCUT2D eigenvalue weighted by Gasteiger charge is -2.07. The second-order valence-electron chi connectivity index (χ2n) is 4.37. The van der Waals surface area contributed by atoms with Gasteiger partial charge in [0.15, 0.2) is 5.82 Å². The molecule has 0 amide bonds. The van der Waals surface area contributed by atoms with Gasteiger partial charge in [0, 0.05) is 12.1 Å². The predicted octanol–water partition coefficient (Wildman–Crippen LogP) is 4.18. The Labute approximate surface area is 113 Å². The molecule has 18 heavy (non-hydrogen) atoms. The molecule has 0 spiro atoms. The summed E-state index contributed by atoms with van der Waals surface area (Å²) < 4.78 is 1.99. The van der Waals surface area contributed by atoms with Crippen molar-refractivity contribution < 1.29 is 0 Å². The molecule has 0 unspecified atom stereocenters. The summed E-state index contributed by atoms with van der Waals surface area (Å²) >= 11 is 6.10. The van der Waals surface area contributed by atoms with Crippen molar-refractivity contribution in [3.8, 4) is 11.4 Å². The zero-order valence-corrected chi connectivity index (χ0v) is 11.4. The molecule has 0 aliphatic carbocycles. The molecular weight excluding hydrogens is 246 g/mol. The van der Waals surface area contributed by atoms with E-state index in [1.165, 1.54) is 19.3 Å². The standard InChI is InChI=1S/C14H18ClN3/c1-2-3-4-8-11-18-13(16-17-14(18)15)12-9-6-5-7-10-12/h5-7,9-10H,2-4,8,11H2,1H3. The zero-order chi connectivity index (χ0) is 12.8. The van der Waals surface area contributed by atoms with Crippen LogP contribution in [0.25, 0.3) is 11.4 Å². The largest absolute Gasteiger partial charge is 0.298 e. The maximum Gasteiger partial charge on any atom is 0.225 e. The molecule has 0 fully saturated rings. The van der Waals surface area contributed by atoms with E-state index in [1.807, 2.05) is 34.9 Å². The number of hydrogen-bond acceptors (Lipinski definition) is 2.